The maximum atomic E-state index is 13.0. The lowest BCUT2D eigenvalue weighted by atomic mass is 9.94. The largest absolute Gasteiger partial charge is 0.486 e. The third kappa shape index (κ3) is 2.32. The van der Waals surface area contributed by atoms with Crippen LogP contribution in [0.25, 0.3) is 0 Å². The van der Waals surface area contributed by atoms with Gasteiger partial charge in [0, 0.05) is 17.7 Å². The number of nitro benzene ring substituents is 1. The Kier molecular flexibility index (Phi) is 3.23. The van der Waals surface area contributed by atoms with Crippen molar-refractivity contribution in [1.29, 1.82) is 0 Å². The van der Waals surface area contributed by atoms with Crippen molar-refractivity contribution in [3.05, 3.63) is 64.2 Å². The number of benzene rings is 2. The number of para-hydroxylation sites is 1. The van der Waals surface area contributed by atoms with Crippen LogP contribution in [0.5, 0.6) is 5.75 Å². The first-order valence-corrected chi connectivity index (χ1v) is 9.23. The van der Waals surface area contributed by atoms with Crippen LogP contribution in [-0.4, -0.2) is 29.3 Å². The first kappa shape index (κ1) is 16.0. The summed E-state index contributed by atoms with van der Waals surface area (Å²) in [6.45, 7) is 3.73. The molecular weight excluding hydrogens is 344 g/mol. The lowest BCUT2D eigenvalue weighted by molar-refractivity contribution is -0.384. The monoisotopic (exact) mass is 360 g/mol. The maximum Gasteiger partial charge on any atom is 0.269 e. The summed E-state index contributed by atoms with van der Waals surface area (Å²) in [5.74, 6) is 0.690. The molecule has 0 amide bonds. The van der Waals surface area contributed by atoms with Gasteiger partial charge in [0.2, 0.25) is 10.0 Å². The number of hydrogen-bond acceptors (Lipinski definition) is 5. The molecule has 3 atom stereocenters. The molecule has 2 aliphatic heterocycles. The zero-order chi connectivity index (χ0) is 18.0. The molecule has 7 nitrogen and oxygen atoms in total. The summed E-state index contributed by atoms with van der Waals surface area (Å²) in [6.07, 6.45) is 0. The molecule has 0 bridgehead atoms. The van der Waals surface area contributed by atoms with Gasteiger partial charge in [0.15, 0.2) is 0 Å². The van der Waals surface area contributed by atoms with Gasteiger partial charge in [-0.3, -0.25) is 10.1 Å². The Bertz CT molecular complexity index is 969. The van der Waals surface area contributed by atoms with E-state index in [4.69, 9.17) is 4.74 Å². The summed E-state index contributed by atoms with van der Waals surface area (Å²) in [6, 6.07) is 11.8. The molecule has 1 saturated heterocycles. The molecule has 2 aromatic carbocycles. The highest BCUT2D eigenvalue weighted by Crippen LogP contribution is 2.58. The molecular formula is C17H16N2O5S. The molecule has 130 valence electrons. The van der Waals surface area contributed by atoms with Crippen molar-refractivity contribution in [3.8, 4) is 5.75 Å². The van der Waals surface area contributed by atoms with Gasteiger partial charge in [-0.2, -0.15) is 4.31 Å². The van der Waals surface area contributed by atoms with Gasteiger partial charge in [-0.05, 0) is 32.0 Å². The van der Waals surface area contributed by atoms with Crippen molar-refractivity contribution >= 4 is 15.7 Å². The van der Waals surface area contributed by atoms with Gasteiger partial charge in [-0.1, -0.05) is 18.2 Å². The molecule has 0 aliphatic carbocycles. The average Bonchev–Trinajstić information content (AvgIpc) is 3.32. The highest BCUT2D eigenvalue weighted by molar-refractivity contribution is 7.89. The third-order valence-corrected chi connectivity index (χ3v) is 6.58. The van der Waals surface area contributed by atoms with Crippen LogP contribution < -0.4 is 4.74 Å². The molecule has 0 saturated carbocycles. The highest BCUT2D eigenvalue weighted by Gasteiger charge is 2.66. The van der Waals surface area contributed by atoms with Crippen LogP contribution in [0.2, 0.25) is 0 Å². The highest BCUT2D eigenvalue weighted by atomic mass is 32.2. The van der Waals surface area contributed by atoms with Crippen LogP contribution in [-0.2, 0) is 10.0 Å². The predicted octanol–water partition coefficient (Wildman–Crippen LogP) is 2.88. The van der Waals surface area contributed by atoms with Gasteiger partial charge in [0.25, 0.3) is 5.69 Å². The zero-order valence-corrected chi connectivity index (χ0v) is 14.4. The summed E-state index contributed by atoms with van der Waals surface area (Å²) in [5, 5.41) is 10.8. The smallest absolute Gasteiger partial charge is 0.269 e. The predicted molar refractivity (Wildman–Crippen MR) is 89.8 cm³/mol. The molecule has 3 unspecified atom stereocenters. The van der Waals surface area contributed by atoms with Crippen LogP contribution >= 0.6 is 0 Å². The Morgan fingerprint density at radius 1 is 1.12 bits per heavy atom. The van der Waals surface area contributed by atoms with E-state index < -0.39 is 20.5 Å². The molecule has 1 fully saturated rings. The summed E-state index contributed by atoms with van der Waals surface area (Å²) in [4.78, 5) is 10.3. The fourth-order valence-corrected chi connectivity index (χ4v) is 5.39. The first-order chi connectivity index (χ1) is 11.7. The number of nitrogens with zero attached hydrogens (tertiary/aromatic N) is 2. The Morgan fingerprint density at radius 2 is 1.76 bits per heavy atom. The van der Waals surface area contributed by atoms with Crippen LogP contribution in [0, 0.1) is 10.1 Å². The number of non-ortho nitro benzene ring substituents is 1. The molecule has 2 aliphatic rings. The second-order valence-corrected chi connectivity index (χ2v) is 8.56. The van der Waals surface area contributed by atoms with E-state index in [1.807, 2.05) is 38.1 Å². The van der Waals surface area contributed by atoms with E-state index in [1.54, 1.807) is 0 Å². The van der Waals surface area contributed by atoms with Crippen molar-refractivity contribution in [1.82, 2.24) is 4.31 Å². The number of sulfonamides is 1. The number of fused-ring (bicyclic) bond motifs is 3. The van der Waals surface area contributed by atoms with Crippen molar-refractivity contribution in [2.45, 2.75) is 36.4 Å². The molecule has 4 rings (SSSR count). The van der Waals surface area contributed by atoms with Crippen LogP contribution in [0.4, 0.5) is 5.69 Å². The fourth-order valence-electron chi connectivity index (χ4n) is 3.53. The van der Waals surface area contributed by atoms with E-state index in [1.165, 1.54) is 28.6 Å². The molecule has 25 heavy (non-hydrogen) atoms. The molecule has 0 radical (unpaired) electrons. The number of rotatable bonds is 3. The van der Waals surface area contributed by atoms with Gasteiger partial charge in [0.1, 0.15) is 11.4 Å². The summed E-state index contributed by atoms with van der Waals surface area (Å²) in [7, 11) is -3.77. The van der Waals surface area contributed by atoms with E-state index >= 15 is 0 Å². The fraction of sp³-hybridized carbons (Fsp3) is 0.294. The number of ether oxygens (including phenoxy) is 1. The molecule has 2 aromatic rings. The molecule has 2 heterocycles. The Balaban J connectivity index is 1.74. The minimum atomic E-state index is -3.77. The van der Waals surface area contributed by atoms with Gasteiger partial charge < -0.3 is 4.74 Å². The normalized spacial score (nSPS) is 26.1. The van der Waals surface area contributed by atoms with Gasteiger partial charge in [-0.25, -0.2) is 8.42 Å². The number of hydrogen-bond donors (Lipinski definition) is 0. The standard InChI is InChI=1S/C17H16N2O5S/c1-17(2)16-15(13-5-3-4-6-14(13)24-17)18(16)25(22,23)12-9-7-11(8-10-12)19(20)21/h3-10,15-16H,1-2H3. The summed E-state index contributed by atoms with van der Waals surface area (Å²) in [5.41, 5.74) is 0.0424. The van der Waals surface area contributed by atoms with E-state index in [2.05, 4.69) is 0 Å². The van der Waals surface area contributed by atoms with Crippen molar-refractivity contribution in [3.63, 3.8) is 0 Å². The van der Waals surface area contributed by atoms with Gasteiger partial charge in [0.05, 0.1) is 21.9 Å². The van der Waals surface area contributed by atoms with Crippen molar-refractivity contribution in [2.75, 3.05) is 0 Å². The Morgan fingerprint density at radius 3 is 2.40 bits per heavy atom. The second-order valence-electron chi connectivity index (χ2n) is 6.72. The SMILES string of the molecule is CC1(C)Oc2ccccc2C2C1N2S(=O)(=O)c1ccc([N+](=O)[O-])cc1. The van der Waals surface area contributed by atoms with Gasteiger partial charge >= 0.3 is 0 Å². The Labute approximate surface area is 145 Å². The van der Waals surface area contributed by atoms with Gasteiger partial charge in [-0.15, -0.1) is 0 Å². The first-order valence-electron chi connectivity index (χ1n) is 7.79. The minimum Gasteiger partial charge on any atom is -0.486 e. The molecule has 8 heteroatoms. The van der Waals surface area contributed by atoms with Crippen molar-refractivity contribution < 1.29 is 18.1 Å². The third-order valence-electron chi connectivity index (χ3n) is 4.70. The van der Waals surface area contributed by atoms with E-state index in [9.17, 15) is 18.5 Å². The van der Waals surface area contributed by atoms with E-state index in [0.29, 0.717) is 5.75 Å². The van der Waals surface area contributed by atoms with Crippen LogP contribution in [0.1, 0.15) is 25.5 Å². The second kappa shape index (κ2) is 5.03. The number of nitro groups is 1. The van der Waals surface area contributed by atoms with E-state index in [0.717, 1.165) is 5.56 Å². The topological polar surface area (TPSA) is 89.5 Å². The van der Waals surface area contributed by atoms with Crippen LogP contribution in [0.15, 0.2) is 53.4 Å². The summed E-state index contributed by atoms with van der Waals surface area (Å²) < 4.78 is 33.5. The molecule has 0 aromatic heterocycles. The average molecular weight is 360 g/mol. The quantitative estimate of drug-likeness (QED) is 0.477. The zero-order valence-electron chi connectivity index (χ0n) is 13.6. The Hall–Kier alpha value is -2.45. The lowest BCUT2D eigenvalue weighted by Gasteiger charge is -2.30. The molecule has 0 spiro atoms. The summed E-state index contributed by atoms with van der Waals surface area (Å²) >= 11 is 0. The molecule has 0 N–H and O–H groups in total. The lowest BCUT2D eigenvalue weighted by Crippen LogP contribution is -2.39. The maximum absolute atomic E-state index is 13.0. The van der Waals surface area contributed by atoms with Crippen molar-refractivity contribution in [2.24, 2.45) is 0 Å². The minimum absolute atomic E-state index is 0.0424. The van der Waals surface area contributed by atoms with Crippen LogP contribution in [0.3, 0.4) is 0 Å². The van der Waals surface area contributed by atoms with E-state index in [-0.39, 0.29) is 22.7 Å².